The first-order valence-corrected chi connectivity index (χ1v) is 3.67. The Morgan fingerprint density at radius 1 is 1.80 bits per heavy atom. The molecule has 0 aromatic carbocycles. The van der Waals surface area contributed by atoms with E-state index in [0.717, 1.165) is 19.4 Å². The maximum Gasteiger partial charge on any atom is 0.155 e. The lowest BCUT2D eigenvalue weighted by Crippen LogP contribution is -2.22. The number of ketones is 1. The lowest BCUT2D eigenvalue weighted by atomic mass is 9.94. The van der Waals surface area contributed by atoms with Crippen molar-refractivity contribution < 1.29 is 4.79 Å². The van der Waals surface area contributed by atoms with Gasteiger partial charge in [-0.15, -0.1) is 0 Å². The number of nitrogens with one attached hydrogen (secondary N) is 1. The molecule has 0 heterocycles. The molecule has 1 unspecified atom stereocenters. The van der Waals surface area contributed by atoms with Crippen LogP contribution in [0.3, 0.4) is 0 Å². The van der Waals surface area contributed by atoms with Crippen LogP contribution in [0.5, 0.6) is 0 Å². The lowest BCUT2D eigenvalue weighted by molar-refractivity contribution is -0.115. The Balaban J connectivity index is 2.36. The quantitative estimate of drug-likeness (QED) is 0.611. The van der Waals surface area contributed by atoms with Crippen LogP contribution in [0.1, 0.15) is 12.8 Å². The number of carbonyl (C=O) groups excluding carboxylic acids is 1. The third-order valence-electron chi connectivity index (χ3n) is 1.76. The molecule has 2 heteroatoms. The number of carbonyl (C=O) groups is 1. The molecule has 0 aromatic heterocycles. The predicted octanol–water partition coefficient (Wildman–Crippen LogP) is 0.741. The molecule has 10 heavy (non-hydrogen) atoms. The van der Waals surface area contributed by atoms with Crippen LogP contribution in [0.25, 0.3) is 0 Å². The third-order valence-corrected chi connectivity index (χ3v) is 1.76. The molecular weight excluding hydrogens is 126 g/mol. The van der Waals surface area contributed by atoms with Gasteiger partial charge < -0.3 is 5.32 Å². The van der Waals surface area contributed by atoms with Crippen LogP contribution < -0.4 is 5.32 Å². The number of hydrogen-bond donors (Lipinski definition) is 1. The molecule has 0 spiro atoms. The zero-order chi connectivity index (χ0) is 7.40. The maximum atomic E-state index is 10.8. The van der Waals surface area contributed by atoms with Gasteiger partial charge in [-0.3, -0.25) is 4.79 Å². The Kier molecular flexibility index (Phi) is 2.63. The zero-order valence-corrected chi connectivity index (χ0v) is 6.26. The van der Waals surface area contributed by atoms with Crippen molar-refractivity contribution in [2.24, 2.45) is 5.92 Å². The fourth-order valence-corrected chi connectivity index (χ4v) is 1.27. The summed E-state index contributed by atoms with van der Waals surface area (Å²) in [6.45, 7) is 0.954. The molecule has 1 rings (SSSR count). The second kappa shape index (κ2) is 3.52. The second-order valence-corrected chi connectivity index (χ2v) is 2.73. The summed E-state index contributed by atoms with van der Waals surface area (Å²) in [6.07, 6.45) is 5.42. The summed E-state index contributed by atoms with van der Waals surface area (Å²) in [7, 11) is 1.92. The minimum Gasteiger partial charge on any atom is -0.319 e. The molecule has 0 radical (unpaired) electrons. The van der Waals surface area contributed by atoms with Gasteiger partial charge in [0.2, 0.25) is 0 Å². The Labute approximate surface area is 61.3 Å². The smallest absolute Gasteiger partial charge is 0.155 e. The van der Waals surface area contributed by atoms with E-state index in [4.69, 9.17) is 0 Å². The van der Waals surface area contributed by atoms with Crippen molar-refractivity contribution >= 4 is 5.78 Å². The molecule has 1 aliphatic carbocycles. The van der Waals surface area contributed by atoms with Crippen LogP contribution >= 0.6 is 0 Å². The van der Waals surface area contributed by atoms with E-state index >= 15 is 0 Å². The van der Waals surface area contributed by atoms with Crippen molar-refractivity contribution in [2.75, 3.05) is 13.6 Å². The van der Waals surface area contributed by atoms with Crippen molar-refractivity contribution in [1.82, 2.24) is 5.32 Å². The molecule has 56 valence electrons. The van der Waals surface area contributed by atoms with Gasteiger partial charge in [0.1, 0.15) is 0 Å². The van der Waals surface area contributed by atoms with Crippen LogP contribution in [0.2, 0.25) is 0 Å². The summed E-state index contributed by atoms with van der Waals surface area (Å²) in [5, 5.41) is 3.07. The van der Waals surface area contributed by atoms with Crippen molar-refractivity contribution in [3.63, 3.8) is 0 Å². The standard InChI is InChI=1S/C8H13NO/c1-9-6-7-3-2-4-8(10)5-7/h2,4,7,9H,3,5-6H2,1H3. The normalized spacial score (nSPS) is 25.3. The molecule has 0 amide bonds. The highest BCUT2D eigenvalue weighted by molar-refractivity contribution is 5.90. The van der Waals surface area contributed by atoms with Gasteiger partial charge in [-0.2, -0.15) is 0 Å². The number of hydrogen-bond acceptors (Lipinski definition) is 2. The van der Waals surface area contributed by atoms with E-state index in [1.807, 2.05) is 13.1 Å². The van der Waals surface area contributed by atoms with Crippen LogP contribution in [0.15, 0.2) is 12.2 Å². The Morgan fingerprint density at radius 2 is 2.60 bits per heavy atom. The van der Waals surface area contributed by atoms with Gasteiger partial charge in [0.05, 0.1) is 0 Å². The summed E-state index contributed by atoms with van der Waals surface area (Å²) in [5.41, 5.74) is 0. The summed E-state index contributed by atoms with van der Waals surface area (Å²) in [4.78, 5) is 10.8. The van der Waals surface area contributed by atoms with Gasteiger partial charge in [0, 0.05) is 6.42 Å². The highest BCUT2D eigenvalue weighted by atomic mass is 16.1. The van der Waals surface area contributed by atoms with Crippen molar-refractivity contribution in [3.8, 4) is 0 Å². The molecule has 1 aliphatic rings. The molecule has 2 nitrogen and oxygen atoms in total. The summed E-state index contributed by atoms with van der Waals surface area (Å²) >= 11 is 0. The molecule has 0 bridgehead atoms. The SMILES string of the molecule is CNCC1CC=CC(=O)C1. The predicted molar refractivity (Wildman–Crippen MR) is 40.8 cm³/mol. The highest BCUT2D eigenvalue weighted by Crippen LogP contribution is 2.14. The molecule has 1 N–H and O–H groups in total. The Morgan fingerprint density at radius 3 is 3.20 bits per heavy atom. The first kappa shape index (κ1) is 7.48. The topological polar surface area (TPSA) is 29.1 Å². The van der Waals surface area contributed by atoms with Gasteiger partial charge >= 0.3 is 0 Å². The zero-order valence-electron chi connectivity index (χ0n) is 6.26. The Bertz CT molecular complexity index is 151. The van der Waals surface area contributed by atoms with E-state index in [2.05, 4.69) is 5.32 Å². The summed E-state index contributed by atoms with van der Waals surface area (Å²) < 4.78 is 0. The van der Waals surface area contributed by atoms with Crippen LogP contribution in [0.4, 0.5) is 0 Å². The molecule has 1 atom stereocenters. The van der Waals surface area contributed by atoms with Crippen molar-refractivity contribution in [1.29, 1.82) is 0 Å². The summed E-state index contributed by atoms with van der Waals surface area (Å²) in [6, 6.07) is 0. The fraction of sp³-hybridized carbons (Fsp3) is 0.625. The van der Waals surface area contributed by atoms with E-state index in [0.29, 0.717) is 5.92 Å². The van der Waals surface area contributed by atoms with Crippen molar-refractivity contribution in [3.05, 3.63) is 12.2 Å². The molecule has 0 saturated heterocycles. The second-order valence-electron chi connectivity index (χ2n) is 2.73. The van der Waals surface area contributed by atoms with Gasteiger partial charge in [-0.25, -0.2) is 0 Å². The van der Waals surface area contributed by atoms with Crippen molar-refractivity contribution in [2.45, 2.75) is 12.8 Å². The average Bonchev–Trinajstić information content (AvgIpc) is 1.88. The van der Waals surface area contributed by atoms with Crippen LogP contribution in [-0.4, -0.2) is 19.4 Å². The van der Waals surface area contributed by atoms with Gasteiger partial charge in [0.25, 0.3) is 0 Å². The fourth-order valence-electron chi connectivity index (χ4n) is 1.27. The number of rotatable bonds is 2. The van der Waals surface area contributed by atoms with Gasteiger partial charge in [-0.1, -0.05) is 6.08 Å². The first-order valence-electron chi connectivity index (χ1n) is 3.67. The minimum absolute atomic E-state index is 0.270. The van der Waals surface area contributed by atoms with E-state index < -0.39 is 0 Å². The molecule has 0 aliphatic heterocycles. The third kappa shape index (κ3) is 1.95. The van der Waals surface area contributed by atoms with Crippen LogP contribution in [-0.2, 0) is 4.79 Å². The van der Waals surface area contributed by atoms with E-state index in [-0.39, 0.29) is 5.78 Å². The van der Waals surface area contributed by atoms with E-state index in [9.17, 15) is 4.79 Å². The monoisotopic (exact) mass is 139 g/mol. The van der Waals surface area contributed by atoms with E-state index in [1.165, 1.54) is 0 Å². The first-order chi connectivity index (χ1) is 4.83. The maximum absolute atomic E-state index is 10.8. The Hall–Kier alpha value is -0.630. The van der Waals surface area contributed by atoms with Crippen LogP contribution in [0, 0.1) is 5.92 Å². The molecule has 0 saturated carbocycles. The number of allylic oxidation sites excluding steroid dienone is 2. The average molecular weight is 139 g/mol. The molecular formula is C8H13NO. The summed E-state index contributed by atoms with van der Waals surface area (Å²) in [5.74, 6) is 0.800. The van der Waals surface area contributed by atoms with E-state index in [1.54, 1.807) is 6.08 Å². The molecule has 0 aromatic rings. The minimum atomic E-state index is 0.270. The van der Waals surface area contributed by atoms with Gasteiger partial charge in [-0.05, 0) is 32.0 Å². The largest absolute Gasteiger partial charge is 0.319 e. The van der Waals surface area contributed by atoms with Gasteiger partial charge in [0.15, 0.2) is 5.78 Å². The molecule has 0 fully saturated rings. The lowest BCUT2D eigenvalue weighted by Gasteiger charge is -2.15. The highest BCUT2D eigenvalue weighted by Gasteiger charge is 2.13.